The fraction of sp³-hybridized carbons (Fsp3) is 0.267. The van der Waals surface area contributed by atoms with Gasteiger partial charge in [0.1, 0.15) is 0 Å². The molecule has 0 aliphatic rings. The van der Waals surface area contributed by atoms with E-state index in [-0.39, 0.29) is 0 Å². The fourth-order valence-electron chi connectivity index (χ4n) is 1.81. The van der Waals surface area contributed by atoms with E-state index in [0.717, 1.165) is 5.75 Å². The predicted molar refractivity (Wildman–Crippen MR) is 77.9 cm³/mol. The molecule has 1 N–H and O–H groups in total. The summed E-state index contributed by atoms with van der Waals surface area (Å²) in [4.78, 5) is 5.49. The highest BCUT2D eigenvalue weighted by Gasteiger charge is 2.09. The van der Waals surface area contributed by atoms with Crippen molar-refractivity contribution in [2.75, 3.05) is 12.8 Å². The second kappa shape index (κ2) is 6.57. The molecule has 0 saturated heterocycles. The molecule has 1 unspecified atom stereocenters. The van der Waals surface area contributed by atoms with Crippen LogP contribution in [0.1, 0.15) is 17.2 Å². The van der Waals surface area contributed by atoms with Gasteiger partial charge in [-0.25, -0.2) is 0 Å². The van der Waals surface area contributed by atoms with Gasteiger partial charge >= 0.3 is 0 Å². The van der Waals surface area contributed by atoms with Crippen molar-refractivity contribution in [1.29, 1.82) is 0 Å². The van der Waals surface area contributed by atoms with Gasteiger partial charge in [0.2, 0.25) is 0 Å². The summed E-state index contributed by atoms with van der Waals surface area (Å²) in [5.74, 6) is 1.01. The number of pyridine rings is 1. The quantitative estimate of drug-likeness (QED) is 0.832. The van der Waals surface area contributed by atoms with Crippen molar-refractivity contribution in [1.82, 2.24) is 10.3 Å². The lowest BCUT2D eigenvalue weighted by Gasteiger charge is -2.15. The number of thioether (sulfide) groups is 1. The Kier molecular flexibility index (Phi) is 4.79. The second-order valence-corrected chi connectivity index (χ2v) is 5.35. The van der Waals surface area contributed by atoms with E-state index >= 15 is 0 Å². The molecule has 0 amide bonds. The van der Waals surface area contributed by atoms with Gasteiger partial charge in [-0.1, -0.05) is 23.8 Å². The first-order valence-electron chi connectivity index (χ1n) is 6.06. The number of aromatic nitrogens is 1. The maximum absolute atomic E-state index is 4.17. The van der Waals surface area contributed by atoms with Crippen LogP contribution in [0.2, 0.25) is 0 Å². The van der Waals surface area contributed by atoms with Gasteiger partial charge < -0.3 is 5.32 Å². The molecule has 0 aliphatic heterocycles. The minimum Gasteiger partial charge on any atom is -0.312 e. The van der Waals surface area contributed by atoms with Gasteiger partial charge in [-0.15, -0.1) is 11.8 Å². The Morgan fingerprint density at radius 1 is 1.28 bits per heavy atom. The molecule has 18 heavy (non-hydrogen) atoms. The Labute approximate surface area is 113 Å². The van der Waals surface area contributed by atoms with Gasteiger partial charge in [0.25, 0.3) is 0 Å². The minimum absolute atomic E-state index is 0.337. The molecule has 1 atom stereocenters. The van der Waals surface area contributed by atoms with Gasteiger partial charge in [-0.05, 0) is 37.7 Å². The topological polar surface area (TPSA) is 24.9 Å². The van der Waals surface area contributed by atoms with E-state index in [1.54, 1.807) is 0 Å². The minimum atomic E-state index is 0.337. The highest BCUT2D eigenvalue weighted by molar-refractivity contribution is 7.99. The van der Waals surface area contributed by atoms with Crippen LogP contribution in [0.4, 0.5) is 0 Å². The van der Waals surface area contributed by atoms with E-state index in [4.69, 9.17) is 0 Å². The van der Waals surface area contributed by atoms with Crippen LogP contribution in [-0.4, -0.2) is 17.8 Å². The van der Waals surface area contributed by atoms with E-state index in [0.29, 0.717) is 6.04 Å². The number of benzene rings is 1. The average molecular weight is 258 g/mol. The van der Waals surface area contributed by atoms with E-state index in [9.17, 15) is 0 Å². The molecule has 0 saturated carbocycles. The van der Waals surface area contributed by atoms with Crippen LogP contribution in [0, 0.1) is 6.92 Å². The zero-order chi connectivity index (χ0) is 12.8. The summed E-state index contributed by atoms with van der Waals surface area (Å²) in [5, 5.41) is 3.34. The van der Waals surface area contributed by atoms with Crippen LogP contribution in [0.5, 0.6) is 0 Å². The Morgan fingerprint density at radius 3 is 2.83 bits per heavy atom. The first-order chi connectivity index (χ1) is 8.79. The van der Waals surface area contributed by atoms with Crippen molar-refractivity contribution in [3.8, 4) is 0 Å². The van der Waals surface area contributed by atoms with Crippen molar-refractivity contribution in [2.45, 2.75) is 17.9 Å². The zero-order valence-corrected chi connectivity index (χ0v) is 11.6. The molecule has 2 nitrogen and oxygen atoms in total. The summed E-state index contributed by atoms with van der Waals surface area (Å²) < 4.78 is 0. The SMILES string of the molecule is CNC(CSc1cccc(C)c1)c1cccnc1. The lowest BCUT2D eigenvalue weighted by Crippen LogP contribution is -2.18. The number of hydrogen-bond donors (Lipinski definition) is 1. The Balaban J connectivity index is 2.00. The number of nitrogens with one attached hydrogen (secondary N) is 1. The van der Waals surface area contributed by atoms with Crippen LogP contribution in [0.25, 0.3) is 0 Å². The highest BCUT2D eigenvalue weighted by Crippen LogP contribution is 2.24. The molecule has 1 heterocycles. The van der Waals surface area contributed by atoms with Crippen molar-refractivity contribution in [3.63, 3.8) is 0 Å². The molecule has 1 aromatic carbocycles. The summed E-state index contributed by atoms with van der Waals surface area (Å²) in [6.07, 6.45) is 3.74. The lowest BCUT2D eigenvalue weighted by atomic mass is 10.1. The molecular weight excluding hydrogens is 240 g/mol. The van der Waals surface area contributed by atoms with Crippen LogP contribution in [0.15, 0.2) is 53.7 Å². The van der Waals surface area contributed by atoms with E-state index in [1.807, 2.05) is 37.3 Å². The van der Waals surface area contributed by atoms with Crippen LogP contribution >= 0.6 is 11.8 Å². The average Bonchev–Trinajstić information content (AvgIpc) is 2.41. The maximum atomic E-state index is 4.17. The highest BCUT2D eigenvalue weighted by atomic mass is 32.2. The van der Waals surface area contributed by atoms with Gasteiger partial charge in [-0.2, -0.15) is 0 Å². The normalized spacial score (nSPS) is 12.3. The fourth-order valence-corrected chi connectivity index (χ4v) is 2.98. The third kappa shape index (κ3) is 3.59. The Morgan fingerprint density at radius 2 is 2.17 bits per heavy atom. The number of hydrogen-bond acceptors (Lipinski definition) is 3. The van der Waals surface area contributed by atoms with E-state index in [1.165, 1.54) is 16.0 Å². The maximum Gasteiger partial charge on any atom is 0.0428 e. The van der Waals surface area contributed by atoms with Crippen molar-refractivity contribution < 1.29 is 0 Å². The molecule has 0 bridgehead atoms. The van der Waals surface area contributed by atoms with Crippen molar-refractivity contribution >= 4 is 11.8 Å². The summed E-state index contributed by atoms with van der Waals surface area (Å²) in [5.41, 5.74) is 2.54. The summed E-state index contributed by atoms with van der Waals surface area (Å²) >= 11 is 1.87. The molecule has 3 heteroatoms. The third-order valence-corrected chi connectivity index (χ3v) is 3.93. The van der Waals surface area contributed by atoms with Gasteiger partial charge in [0.15, 0.2) is 0 Å². The van der Waals surface area contributed by atoms with Gasteiger partial charge in [-0.3, -0.25) is 4.98 Å². The third-order valence-electron chi connectivity index (χ3n) is 2.84. The molecule has 2 rings (SSSR count). The zero-order valence-electron chi connectivity index (χ0n) is 10.8. The molecule has 94 valence electrons. The van der Waals surface area contributed by atoms with Gasteiger partial charge in [0, 0.05) is 29.1 Å². The van der Waals surface area contributed by atoms with Crippen LogP contribution in [0.3, 0.4) is 0 Å². The van der Waals surface area contributed by atoms with Crippen LogP contribution in [-0.2, 0) is 0 Å². The Hall–Kier alpha value is -1.32. The molecule has 0 radical (unpaired) electrons. The first-order valence-corrected chi connectivity index (χ1v) is 7.05. The molecule has 1 aromatic heterocycles. The molecule has 0 fully saturated rings. The van der Waals surface area contributed by atoms with Gasteiger partial charge in [0.05, 0.1) is 0 Å². The lowest BCUT2D eigenvalue weighted by molar-refractivity contribution is 0.659. The smallest absolute Gasteiger partial charge is 0.0428 e. The van der Waals surface area contributed by atoms with Crippen LogP contribution < -0.4 is 5.32 Å². The first kappa shape index (κ1) is 13.1. The molecule has 2 aromatic rings. The Bertz CT molecular complexity index is 485. The summed E-state index contributed by atoms with van der Waals surface area (Å²) in [6, 6.07) is 13.1. The monoisotopic (exact) mass is 258 g/mol. The van der Waals surface area contributed by atoms with Crippen molar-refractivity contribution in [3.05, 3.63) is 59.9 Å². The van der Waals surface area contributed by atoms with Crippen molar-refractivity contribution in [2.24, 2.45) is 0 Å². The van der Waals surface area contributed by atoms with E-state index in [2.05, 4.69) is 47.6 Å². The number of rotatable bonds is 5. The molecule has 0 spiro atoms. The number of aryl methyl sites for hydroxylation is 1. The largest absolute Gasteiger partial charge is 0.312 e. The molecular formula is C15H18N2S. The summed E-state index contributed by atoms with van der Waals surface area (Å²) in [7, 11) is 1.99. The van der Waals surface area contributed by atoms with E-state index < -0.39 is 0 Å². The predicted octanol–water partition coefficient (Wildman–Crippen LogP) is 3.44. The second-order valence-electron chi connectivity index (χ2n) is 4.26. The molecule has 0 aliphatic carbocycles. The summed E-state index contributed by atoms with van der Waals surface area (Å²) in [6.45, 7) is 2.13. The number of nitrogens with zero attached hydrogens (tertiary/aromatic N) is 1. The standard InChI is InChI=1S/C15H18N2S/c1-12-5-3-7-14(9-12)18-11-15(16-2)13-6-4-8-17-10-13/h3-10,15-16H,11H2,1-2H3.